The first kappa shape index (κ1) is 16.9. The SMILES string of the molecule is CC[C@H](Sc1ncnc2scc(-c3ccc(C)c(C)c3)c12)C(=O)O. The van der Waals surface area contributed by atoms with E-state index in [4.69, 9.17) is 0 Å². The van der Waals surface area contributed by atoms with Crippen LogP contribution in [-0.2, 0) is 4.79 Å². The van der Waals surface area contributed by atoms with Crippen LogP contribution in [0.15, 0.2) is 34.9 Å². The second-order valence-corrected chi connectivity index (χ2v) is 7.71. The standard InChI is InChI=1S/C18H18N2O2S2/c1-4-14(18(21)22)24-17-15-13(8-23-16(15)19-9-20-17)12-6-5-10(2)11(3)7-12/h5-9,14H,4H2,1-3H3,(H,21,22)/t14-/m0/s1. The number of aryl methyl sites for hydroxylation is 2. The van der Waals surface area contributed by atoms with Gasteiger partial charge in [0, 0.05) is 10.9 Å². The fraction of sp³-hybridized carbons (Fsp3) is 0.278. The van der Waals surface area contributed by atoms with Gasteiger partial charge in [0.25, 0.3) is 0 Å². The monoisotopic (exact) mass is 358 g/mol. The Morgan fingerprint density at radius 1 is 1.29 bits per heavy atom. The molecule has 0 aliphatic carbocycles. The molecule has 124 valence electrons. The number of hydrogen-bond donors (Lipinski definition) is 1. The van der Waals surface area contributed by atoms with Crippen molar-refractivity contribution in [2.75, 3.05) is 0 Å². The molecule has 0 bridgehead atoms. The zero-order valence-electron chi connectivity index (χ0n) is 13.7. The number of thioether (sulfide) groups is 1. The van der Waals surface area contributed by atoms with E-state index in [1.54, 1.807) is 11.3 Å². The zero-order valence-corrected chi connectivity index (χ0v) is 15.4. The summed E-state index contributed by atoms with van der Waals surface area (Å²) in [7, 11) is 0. The maximum Gasteiger partial charge on any atom is 0.317 e. The van der Waals surface area contributed by atoms with Crippen molar-refractivity contribution in [3.05, 3.63) is 41.0 Å². The van der Waals surface area contributed by atoms with Gasteiger partial charge in [-0.05, 0) is 37.0 Å². The average Bonchev–Trinajstić information content (AvgIpc) is 2.99. The fourth-order valence-corrected chi connectivity index (χ4v) is 4.45. The average molecular weight is 358 g/mol. The molecule has 0 unspecified atom stereocenters. The van der Waals surface area contributed by atoms with E-state index in [1.807, 2.05) is 6.92 Å². The van der Waals surface area contributed by atoms with Crippen molar-refractivity contribution < 1.29 is 9.90 Å². The van der Waals surface area contributed by atoms with Gasteiger partial charge < -0.3 is 5.11 Å². The van der Waals surface area contributed by atoms with E-state index in [0.717, 1.165) is 26.4 Å². The highest BCUT2D eigenvalue weighted by Crippen LogP contribution is 2.39. The van der Waals surface area contributed by atoms with E-state index in [2.05, 4.69) is 47.4 Å². The summed E-state index contributed by atoms with van der Waals surface area (Å²) in [5.41, 5.74) is 4.67. The molecule has 0 saturated heterocycles. The Balaban J connectivity index is 2.13. The Kier molecular flexibility index (Phi) is 4.87. The van der Waals surface area contributed by atoms with E-state index in [0.29, 0.717) is 6.42 Å². The van der Waals surface area contributed by atoms with Gasteiger partial charge in [-0.2, -0.15) is 0 Å². The molecule has 0 amide bonds. The molecule has 1 atom stereocenters. The Morgan fingerprint density at radius 2 is 2.08 bits per heavy atom. The van der Waals surface area contributed by atoms with Crippen molar-refractivity contribution in [2.45, 2.75) is 37.5 Å². The van der Waals surface area contributed by atoms with Crippen molar-refractivity contribution in [1.29, 1.82) is 0 Å². The van der Waals surface area contributed by atoms with Crippen LogP contribution in [0.4, 0.5) is 0 Å². The van der Waals surface area contributed by atoms with Gasteiger partial charge in [-0.15, -0.1) is 11.3 Å². The number of hydrogen-bond acceptors (Lipinski definition) is 5. The number of rotatable bonds is 5. The zero-order chi connectivity index (χ0) is 17.3. The summed E-state index contributed by atoms with van der Waals surface area (Å²) in [6.45, 7) is 6.06. The summed E-state index contributed by atoms with van der Waals surface area (Å²) in [6, 6.07) is 6.36. The first-order chi connectivity index (χ1) is 11.5. The number of fused-ring (bicyclic) bond motifs is 1. The highest BCUT2D eigenvalue weighted by molar-refractivity contribution is 8.00. The highest BCUT2D eigenvalue weighted by Gasteiger charge is 2.21. The van der Waals surface area contributed by atoms with Gasteiger partial charge in [-0.3, -0.25) is 4.79 Å². The molecule has 4 nitrogen and oxygen atoms in total. The van der Waals surface area contributed by atoms with E-state index in [1.165, 1.54) is 29.2 Å². The smallest absolute Gasteiger partial charge is 0.317 e. The highest BCUT2D eigenvalue weighted by atomic mass is 32.2. The molecule has 0 saturated carbocycles. The number of carboxylic acids is 1. The van der Waals surface area contributed by atoms with Crippen LogP contribution in [0.1, 0.15) is 24.5 Å². The summed E-state index contributed by atoms with van der Waals surface area (Å²) < 4.78 is 0. The molecule has 3 rings (SSSR count). The lowest BCUT2D eigenvalue weighted by Gasteiger charge is -2.11. The molecule has 3 aromatic rings. The van der Waals surface area contributed by atoms with Crippen LogP contribution in [-0.4, -0.2) is 26.3 Å². The van der Waals surface area contributed by atoms with Gasteiger partial charge in [0.1, 0.15) is 21.4 Å². The quantitative estimate of drug-likeness (QED) is 0.517. The number of aromatic nitrogens is 2. The lowest BCUT2D eigenvalue weighted by atomic mass is 10.0. The largest absolute Gasteiger partial charge is 0.480 e. The molecule has 24 heavy (non-hydrogen) atoms. The van der Waals surface area contributed by atoms with Gasteiger partial charge in [0.2, 0.25) is 0 Å². The normalized spacial score (nSPS) is 12.5. The molecule has 1 N–H and O–H groups in total. The van der Waals surface area contributed by atoms with Crippen LogP contribution >= 0.6 is 23.1 Å². The first-order valence-corrected chi connectivity index (χ1v) is 9.46. The van der Waals surface area contributed by atoms with Gasteiger partial charge in [0.05, 0.1) is 5.39 Å². The van der Waals surface area contributed by atoms with Crippen molar-refractivity contribution in [3.63, 3.8) is 0 Å². The third-order valence-electron chi connectivity index (χ3n) is 4.05. The number of carboxylic acid groups (broad SMARTS) is 1. The minimum Gasteiger partial charge on any atom is -0.480 e. The number of benzene rings is 1. The lowest BCUT2D eigenvalue weighted by Crippen LogP contribution is -2.15. The molecule has 0 spiro atoms. The van der Waals surface area contributed by atoms with Crippen LogP contribution in [0, 0.1) is 13.8 Å². The second kappa shape index (κ2) is 6.91. The Hall–Kier alpha value is -1.92. The van der Waals surface area contributed by atoms with E-state index in [9.17, 15) is 9.90 Å². The van der Waals surface area contributed by atoms with Crippen molar-refractivity contribution in [1.82, 2.24) is 9.97 Å². The van der Waals surface area contributed by atoms with Crippen molar-refractivity contribution >= 4 is 39.3 Å². The predicted molar refractivity (Wildman–Crippen MR) is 99.9 cm³/mol. The van der Waals surface area contributed by atoms with E-state index < -0.39 is 11.2 Å². The number of thiophene rings is 1. The second-order valence-electron chi connectivity index (χ2n) is 5.66. The van der Waals surface area contributed by atoms with Crippen LogP contribution in [0.3, 0.4) is 0 Å². The summed E-state index contributed by atoms with van der Waals surface area (Å²) in [5.74, 6) is -0.808. The molecular formula is C18H18N2O2S2. The minimum absolute atomic E-state index is 0.504. The van der Waals surface area contributed by atoms with Gasteiger partial charge in [-0.1, -0.05) is 36.9 Å². The summed E-state index contributed by atoms with van der Waals surface area (Å²) in [6.07, 6.45) is 2.06. The molecular weight excluding hydrogens is 340 g/mol. The molecule has 0 aliphatic heterocycles. The maximum atomic E-state index is 11.4. The molecule has 0 radical (unpaired) electrons. The fourth-order valence-electron chi connectivity index (χ4n) is 2.50. The molecule has 0 aliphatic rings. The van der Waals surface area contributed by atoms with Gasteiger partial charge in [0.15, 0.2) is 0 Å². The first-order valence-electron chi connectivity index (χ1n) is 7.70. The molecule has 6 heteroatoms. The third kappa shape index (κ3) is 3.16. The summed E-state index contributed by atoms with van der Waals surface area (Å²) >= 11 is 2.87. The molecule has 0 fully saturated rings. The Labute approximate surface area is 149 Å². The summed E-state index contributed by atoms with van der Waals surface area (Å²) in [5, 5.41) is 12.6. The van der Waals surface area contributed by atoms with Crippen LogP contribution in [0.2, 0.25) is 0 Å². The van der Waals surface area contributed by atoms with Gasteiger partial charge in [-0.25, -0.2) is 9.97 Å². The number of carbonyl (C=O) groups is 1. The van der Waals surface area contributed by atoms with Crippen LogP contribution in [0.25, 0.3) is 21.3 Å². The number of aliphatic carboxylic acids is 1. The van der Waals surface area contributed by atoms with E-state index in [-0.39, 0.29) is 0 Å². The van der Waals surface area contributed by atoms with Crippen LogP contribution in [0.5, 0.6) is 0 Å². The van der Waals surface area contributed by atoms with Gasteiger partial charge >= 0.3 is 5.97 Å². The lowest BCUT2D eigenvalue weighted by molar-refractivity contribution is -0.136. The van der Waals surface area contributed by atoms with Crippen molar-refractivity contribution in [3.8, 4) is 11.1 Å². The topological polar surface area (TPSA) is 63.1 Å². The van der Waals surface area contributed by atoms with E-state index >= 15 is 0 Å². The molecule has 2 heterocycles. The molecule has 2 aromatic heterocycles. The third-order valence-corrected chi connectivity index (χ3v) is 6.29. The Bertz CT molecular complexity index is 905. The number of nitrogens with zero attached hydrogens (tertiary/aromatic N) is 2. The van der Waals surface area contributed by atoms with Crippen molar-refractivity contribution in [2.24, 2.45) is 0 Å². The maximum absolute atomic E-state index is 11.4. The molecule has 1 aromatic carbocycles. The van der Waals surface area contributed by atoms with Crippen LogP contribution < -0.4 is 0 Å². The minimum atomic E-state index is -0.808. The predicted octanol–water partition coefficient (Wildman–Crippen LogP) is 4.93. The Morgan fingerprint density at radius 3 is 2.75 bits per heavy atom. The summed E-state index contributed by atoms with van der Waals surface area (Å²) in [4.78, 5) is 21.0.